The highest BCUT2D eigenvalue weighted by atomic mass is 127. The second-order valence-electron chi connectivity index (χ2n) is 4.93. The summed E-state index contributed by atoms with van der Waals surface area (Å²) < 4.78 is 10.6. The van der Waals surface area contributed by atoms with Crippen molar-refractivity contribution in [2.24, 2.45) is 4.99 Å². The zero-order valence-corrected chi connectivity index (χ0v) is 16.8. The van der Waals surface area contributed by atoms with Crippen molar-refractivity contribution in [3.05, 3.63) is 36.4 Å². The van der Waals surface area contributed by atoms with Crippen molar-refractivity contribution in [1.29, 1.82) is 0 Å². The van der Waals surface area contributed by atoms with Crippen LogP contribution in [0.5, 0.6) is 11.5 Å². The number of methoxy groups -OCH3 is 2. The van der Waals surface area contributed by atoms with Crippen molar-refractivity contribution >= 4 is 29.9 Å². The van der Waals surface area contributed by atoms with Crippen LogP contribution in [0.25, 0.3) is 0 Å². The summed E-state index contributed by atoms with van der Waals surface area (Å²) >= 11 is 0. The minimum absolute atomic E-state index is 0. The molecule has 6 heteroatoms. The molecule has 0 atom stereocenters. The van der Waals surface area contributed by atoms with Gasteiger partial charge in [-0.15, -0.1) is 30.6 Å². The van der Waals surface area contributed by atoms with Gasteiger partial charge in [-0.2, -0.15) is 0 Å². The van der Waals surface area contributed by atoms with Gasteiger partial charge in [0.15, 0.2) is 5.96 Å². The van der Waals surface area contributed by atoms with Gasteiger partial charge in [0.1, 0.15) is 11.5 Å². The van der Waals surface area contributed by atoms with Gasteiger partial charge in [-0.25, -0.2) is 0 Å². The molecule has 0 amide bonds. The highest BCUT2D eigenvalue weighted by molar-refractivity contribution is 14.0. The lowest BCUT2D eigenvalue weighted by atomic mass is 10.2. The predicted molar refractivity (Wildman–Crippen MR) is 107 cm³/mol. The summed E-state index contributed by atoms with van der Waals surface area (Å²) in [5, 5.41) is 3.35. The number of allylic oxidation sites excluding steroid dienone is 1. The van der Waals surface area contributed by atoms with Crippen molar-refractivity contribution in [3.8, 4) is 11.5 Å². The van der Waals surface area contributed by atoms with E-state index in [-0.39, 0.29) is 24.0 Å². The molecule has 1 N–H and O–H groups in total. The number of benzene rings is 1. The molecule has 0 saturated carbocycles. The zero-order valence-electron chi connectivity index (χ0n) is 14.5. The van der Waals surface area contributed by atoms with Gasteiger partial charge in [-0.3, -0.25) is 4.99 Å². The van der Waals surface area contributed by atoms with Gasteiger partial charge in [-0.05, 0) is 25.0 Å². The standard InChI is InChI=1S/C17H27N3O2.HI/c1-6-7-8-11-20(3)17(18-2)19-13-14-9-10-15(21-4)12-16(14)22-5;/h6,9-10,12H,1,7-8,11,13H2,2-5H3,(H,18,19);1H. The Bertz CT molecular complexity index is 507. The lowest BCUT2D eigenvalue weighted by Crippen LogP contribution is -2.39. The summed E-state index contributed by atoms with van der Waals surface area (Å²) in [6.07, 6.45) is 4.01. The van der Waals surface area contributed by atoms with E-state index in [0.717, 1.165) is 42.4 Å². The third kappa shape index (κ3) is 7.11. The molecule has 0 radical (unpaired) electrons. The average Bonchev–Trinajstić information content (AvgIpc) is 2.55. The van der Waals surface area contributed by atoms with E-state index < -0.39 is 0 Å². The SMILES string of the molecule is C=CCCCN(C)C(=NC)NCc1ccc(OC)cc1OC.I. The summed E-state index contributed by atoms with van der Waals surface area (Å²) in [5.74, 6) is 2.45. The van der Waals surface area contributed by atoms with Crippen LogP contribution in [-0.2, 0) is 6.54 Å². The Morgan fingerprint density at radius 3 is 2.65 bits per heavy atom. The molecule has 1 aromatic rings. The molecule has 1 aromatic carbocycles. The fourth-order valence-corrected chi connectivity index (χ4v) is 2.14. The van der Waals surface area contributed by atoms with Crippen LogP contribution < -0.4 is 14.8 Å². The number of rotatable bonds is 8. The van der Waals surface area contributed by atoms with Crippen LogP contribution in [0.2, 0.25) is 0 Å². The molecule has 0 aliphatic heterocycles. The summed E-state index contributed by atoms with van der Waals surface area (Å²) in [5.41, 5.74) is 1.06. The molecule has 0 heterocycles. The number of nitrogens with one attached hydrogen (secondary N) is 1. The molecule has 0 aromatic heterocycles. The Hall–Kier alpha value is -1.44. The molecule has 23 heavy (non-hydrogen) atoms. The first-order chi connectivity index (χ1) is 10.7. The van der Waals surface area contributed by atoms with E-state index in [9.17, 15) is 0 Å². The summed E-state index contributed by atoms with van der Waals surface area (Å²) in [6.45, 7) is 5.32. The molecule has 0 saturated heterocycles. The minimum Gasteiger partial charge on any atom is -0.497 e. The lowest BCUT2D eigenvalue weighted by molar-refractivity contribution is 0.390. The van der Waals surface area contributed by atoms with Crippen LogP contribution in [0.4, 0.5) is 0 Å². The third-order valence-electron chi connectivity index (χ3n) is 3.41. The van der Waals surface area contributed by atoms with Crippen molar-refractivity contribution in [3.63, 3.8) is 0 Å². The molecule has 0 spiro atoms. The molecule has 5 nitrogen and oxygen atoms in total. The van der Waals surface area contributed by atoms with Gasteiger partial charge in [-0.1, -0.05) is 6.08 Å². The minimum atomic E-state index is 0. The Morgan fingerprint density at radius 1 is 1.35 bits per heavy atom. The van der Waals surface area contributed by atoms with Gasteiger partial charge in [0.2, 0.25) is 0 Å². The van der Waals surface area contributed by atoms with E-state index in [1.807, 2.05) is 31.3 Å². The van der Waals surface area contributed by atoms with E-state index in [0.29, 0.717) is 6.54 Å². The highest BCUT2D eigenvalue weighted by Gasteiger charge is 2.08. The number of ether oxygens (including phenoxy) is 2. The van der Waals surface area contributed by atoms with Crippen molar-refractivity contribution in [2.75, 3.05) is 34.9 Å². The van der Waals surface area contributed by atoms with Crippen LogP contribution in [0.1, 0.15) is 18.4 Å². The lowest BCUT2D eigenvalue weighted by Gasteiger charge is -2.22. The number of aliphatic imine (C=N–C) groups is 1. The Labute approximate surface area is 156 Å². The second-order valence-corrected chi connectivity index (χ2v) is 4.93. The van der Waals surface area contributed by atoms with E-state index in [4.69, 9.17) is 9.47 Å². The molecule has 0 unspecified atom stereocenters. The normalized spacial score (nSPS) is 10.5. The first kappa shape index (κ1) is 21.6. The quantitative estimate of drug-likeness (QED) is 0.225. The smallest absolute Gasteiger partial charge is 0.193 e. The van der Waals surface area contributed by atoms with Crippen molar-refractivity contribution < 1.29 is 9.47 Å². The Morgan fingerprint density at radius 2 is 2.09 bits per heavy atom. The maximum Gasteiger partial charge on any atom is 0.193 e. The summed E-state index contributed by atoms with van der Waals surface area (Å²) in [4.78, 5) is 6.42. The topological polar surface area (TPSA) is 46.1 Å². The predicted octanol–water partition coefficient (Wildman–Crippen LogP) is 3.30. The first-order valence-electron chi connectivity index (χ1n) is 7.39. The number of unbranched alkanes of at least 4 members (excludes halogenated alkanes) is 1. The van der Waals surface area contributed by atoms with Gasteiger partial charge in [0.25, 0.3) is 0 Å². The zero-order chi connectivity index (χ0) is 16.4. The van der Waals surface area contributed by atoms with Gasteiger partial charge in [0, 0.05) is 38.8 Å². The van der Waals surface area contributed by atoms with Crippen LogP contribution >= 0.6 is 24.0 Å². The van der Waals surface area contributed by atoms with Crippen LogP contribution in [0, 0.1) is 0 Å². The number of hydrogen-bond acceptors (Lipinski definition) is 3. The molecular formula is C17H28IN3O2. The largest absolute Gasteiger partial charge is 0.497 e. The van der Waals surface area contributed by atoms with Crippen molar-refractivity contribution in [2.45, 2.75) is 19.4 Å². The Kier molecular flexibility index (Phi) is 11.3. The molecule has 130 valence electrons. The monoisotopic (exact) mass is 433 g/mol. The third-order valence-corrected chi connectivity index (χ3v) is 3.41. The second kappa shape index (κ2) is 12.0. The fourth-order valence-electron chi connectivity index (χ4n) is 2.14. The van der Waals surface area contributed by atoms with Gasteiger partial charge in [0.05, 0.1) is 14.2 Å². The number of hydrogen-bond donors (Lipinski definition) is 1. The van der Waals surface area contributed by atoms with Crippen LogP contribution in [-0.4, -0.2) is 45.7 Å². The number of guanidine groups is 1. The molecule has 0 bridgehead atoms. The molecule has 0 fully saturated rings. The average molecular weight is 433 g/mol. The van der Waals surface area contributed by atoms with Crippen molar-refractivity contribution in [1.82, 2.24) is 10.2 Å². The van der Waals surface area contributed by atoms with E-state index in [1.165, 1.54) is 0 Å². The molecular weight excluding hydrogens is 405 g/mol. The first-order valence-corrected chi connectivity index (χ1v) is 7.39. The van der Waals surface area contributed by atoms with Gasteiger partial charge >= 0.3 is 0 Å². The molecule has 0 aliphatic rings. The highest BCUT2D eigenvalue weighted by Crippen LogP contribution is 2.24. The van der Waals surface area contributed by atoms with Gasteiger partial charge < -0.3 is 19.7 Å². The maximum absolute atomic E-state index is 5.41. The molecule has 1 rings (SSSR count). The summed E-state index contributed by atoms with van der Waals surface area (Å²) in [6, 6.07) is 5.80. The maximum atomic E-state index is 5.41. The fraction of sp³-hybridized carbons (Fsp3) is 0.471. The van der Waals surface area contributed by atoms with Crippen LogP contribution in [0.15, 0.2) is 35.8 Å². The number of halogens is 1. The Balaban J connectivity index is 0.00000484. The van der Waals surface area contributed by atoms with Crippen LogP contribution in [0.3, 0.4) is 0 Å². The molecule has 0 aliphatic carbocycles. The van der Waals surface area contributed by atoms with E-state index in [2.05, 4.69) is 21.8 Å². The van der Waals surface area contributed by atoms with E-state index in [1.54, 1.807) is 21.3 Å². The summed E-state index contributed by atoms with van der Waals surface area (Å²) in [7, 11) is 7.13. The number of nitrogens with zero attached hydrogens (tertiary/aromatic N) is 2. The van der Waals surface area contributed by atoms with E-state index >= 15 is 0 Å².